The summed E-state index contributed by atoms with van der Waals surface area (Å²) < 4.78 is 0. The molecule has 0 bridgehead atoms. The molecule has 1 amide bonds. The predicted molar refractivity (Wildman–Crippen MR) is 76.3 cm³/mol. The third kappa shape index (κ3) is 7.00. The number of nitrogens with one attached hydrogen (secondary N) is 1. The van der Waals surface area contributed by atoms with E-state index in [0.717, 1.165) is 38.1 Å². The van der Waals surface area contributed by atoms with Crippen LogP contribution in [0.25, 0.3) is 0 Å². The Morgan fingerprint density at radius 3 is 2.56 bits per heavy atom. The summed E-state index contributed by atoms with van der Waals surface area (Å²) in [5, 5.41) is 3.03. The summed E-state index contributed by atoms with van der Waals surface area (Å²) in [5.74, 6) is 0.969. The molecule has 0 heterocycles. The third-order valence-corrected chi connectivity index (χ3v) is 4.02. The smallest absolute Gasteiger partial charge is 0.220 e. The molecule has 18 heavy (non-hydrogen) atoms. The Morgan fingerprint density at radius 2 is 1.89 bits per heavy atom. The van der Waals surface area contributed by atoms with Gasteiger partial charge in [0.2, 0.25) is 5.91 Å². The Kier molecular flexibility index (Phi) is 8.06. The molecule has 1 rings (SSSR count). The van der Waals surface area contributed by atoms with E-state index >= 15 is 0 Å². The van der Waals surface area contributed by atoms with Crippen LogP contribution < -0.4 is 11.1 Å². The van der Waals surface area contributed by atoms with E-state index in [0.29, 0.717) is 12.5 Å². The number of hydrogen-bond donors (Lipinski definition) is 2. The number of carbonyl (C=O) groups excluding carboxylic acids is 1. The van der Waals surface area contributed by atoms with Crippen molar-refractivity contribution >= 4 is 5.91 Å². The minimum atomic E-state index is 0.237. The van der Waals surface area contributed by atoms with Gasteiger partial charge >= 0.3 is 0 Å². The summed E-state index contributed by atoms with van der Waals surface area (Å²) in [4.78, 5) is 11.6. The average Bonchev–Trinajstić information content (AvgIpc) is 2.38. The van der Waals surface area contributed by atoms with E-state index in [4.69, 9.17) is 5.73 Å². The van der Waals surface area contributed by atoms with Gasteiger partial charge in [0.05, 0.1) is 0 Å². The molecule has 0 aromatic heterocycles. The molecule has 3 N–H and O–H groups in total. The van der Waals surface area contributed by atoms with Crippen LogP contribution >= 0.6 is 0 Å². The molecule has 0 atom stereocenters. The maximum atomic E-state index is 11.6. The lowest BCUT2D eigenvalue weighted by Crippen LogP contribution is -2.28. The van der Waals surface area contributed by atoms with Crippen LogP contribution in [0.5, 0.6) is 0 Å². The van der Waals surface area contributed by atoms with Gasteiger partial charge < -0.3 is 11.1 Å². The van der Waals surface area contributed by atoms with Crippen LogP contribution in [0.3, 0.4) is 0 Å². The van der Waals surface area contributed by atoms with Gasteiger partial charge in [-0.1, -0.05) is 26.2 Å². The van der Waals surface area contributed by atoms with Crippen molar-refractivity contribution in [2.24, 2.45) is 11.7 Å². The van der Waals surface area contributed by atoms with Crippen molar-refractivity contribution < 1.29 is 4.79 Å². The molecule has 1 saturated carbocycles. The van der Waals surface area contributed by atoms with Gasteiger partial charge in [-0.3, -0.25) is 4.79 Å². The van der Waals surface area contributed by atoms with Gasteiger partial charge in [0, 0.05) is 19.0 Å². The van der Waals surface area contributed by atoms with E-state index in [1.54, 1.807) is 0 Å². The van der Waals surface area contributed by atoms with Crippen LogP contribution in [0.4, 0.5) is 0 Å². The SMILES string of the molecule is CCCCCCNC(=O)CCC1CCC(N)CC1. The monoisotopic (exact) mass is 254 g/mol. The summed E-state index contributed by atoms with van der Waals surface area (Å²) in [5.41, 5.74) is 5.88. The highest BCUT2D eigenvalue weighted by molar-refractivity contribution is 5.75. The molecule has 0 unspecified atom stereocenters. The molecule has 0 aliphatic heterocycles. The fraction of sp³-hybridized carbons (Fsp3) is 0.933. The third-order valence-electron chi connectivity index (χ3n) is 4.02. The first-order chi connectivity index (χ1) is 8.72. The Morgan fingerprint density at radius 1 is 1.17 bits per heavy atom. The first-order valence-electron chi connectivity index (χ1n) is 7.74. The summed E-state index contributed by atoms with van der Waals surface area (Å²) in [6, 6.07) is 0.411. The molecule has 0 saturated heterocycles. The Labute approximate surface area is 112 Å². The molecule has 1 aliphatic rings. The van der Waals surface area contributed by atoms with Crippen molar-refractivity contribution in [3.8, 4) is 0 Å². The molecule has 106 valence electrons. The quantitative estimate of drug-likeness (QED) is 0.654. The van der Waals surface area contributed by atoms with Crippen LogP contribution in [0.1, 0.15) is 71.1 Å². The fourth-order valence-corrected chi connectivity index (χ4v) is 2.68. The molecule has 0 aromatic carbocycles. The van der Waals surface area contributed by atoms with E-state index in [-0.39, 0.29) is 5.91 Å². The topological polar surface area (TPSA) is 55.1 Å². The van der Waals surface area contributed by atoms with Gasteiger partial charge in [0.25, 0.3) is 0 Å². The summed E-state index contributed by atoms with van der Waals surface area (Å²) in [6.07, 6.45) is 11.3. The molecule has 0 spiro atoms. The maximum Gasteiger partial charge on any atom is 0.220 e. The molecule has 1 aliphatic carbocycles. The van der Waals surface area contributed by atoms with Crippen molar-refractivity contribution in [3.05, 3.63) is 0 Å². The van der Waals surface area contributed by atoms with E-state index in [1.807, 2.05) is 0 Å². The first-order valence-corrected chi connectivity index (χ1v) is 7.74. The summed E-state index contributed by atoms with van der Waals surface area (Å²) in [6.45, 7) is 3.06. The molecule has 3 heteroatoms. The second-order valence-corrected chi connectivity index (χ2v) is 5.73. The lowest BCUT2D eigenvalue weighted by atomic mass is 9.84. The molecular weight excluding hydrogens is 224 g/mol. The number of carbonyl (C=O) groups is 1. The van der Waals surface area contributed by atoms with Crippen molar-refractivity contribution in [3.63, 3.8) is 0 Å². The normalized spacial score (nSPS) is 23.9. The average molecular weight is 254 g/mol. The van der Waals surface area contributed by atoms with Crippen LogP contribution in [-0.2, 0) is 4.79 Å². The molecular formula is C15H30N2O. The molecule has 0 aromatic rings. The lowest BCUT2D eigenvalue weighted by molar-refractivity contribution is -0.121. The fourth-order valence-electron chi connectivity index (χ4n) is 2.68. The number of hydrogen-bond acceptors (Lipinski definition) is 2. The summed E-state index contributed by atoms with van der Waals surface area (Å²) >= 11 is 0. The van der Waals surface area contributed by atoms with Crippen molar-refractivity contribution in [2.45, 2.75) is 77.2 Å². The lowest BCUT2D eigenvalue weighted by Gasteiger charge is -2.25. The highest BCUT2D eigenvalue weighted by atomic mass is 16.1. The zero-order chi connectivity index (χ0) is 13.2. The number of unbranched alkanes of at least 4 members (excludes halogenated alkanes) is 3. The van der Waals surface area contributed by atoms with E-state index < -0.39 is 0 Å². The number of rotatable bonds is 8. The standard InChI is InChI=1S/C15H30N2O/c1-2-3-4-5-12-17-15(18)11-8-13-6-9-14(16)10-7-13/h13-14H,2-12,16H2,1H3,(H,17,18). The van der Waals surface area contributed by atoms with Crippen LogP contribution in [0.2, 0.25) is 0 Å². The van der Waals surface area contributed by atoms with Gasteiger partial charge in [-0.15, -0.1) is 0 Å². The maximum absolute atomic E-state index is 11.6. The second kappa shape index (κ2) is 9.37. The van der Waals surface area contributed by atoms with Gasteiger partial charge in [0.15, 0.2) is 0 Å². The van der Waals surface area contributed by atoms with E-state index in [1.165, 1.54) is 32.1 Å². The van der Waals surface area contributed by atoms with Crippen LogP contribution in [-0.4, -0.2) is 18.5 Å². The highest BCUT2D eigenvalue weighted by Gasteiger charge is 2.18. The largest absolute Gasteiger partial charge is 0.356 e. The predicted octanol–water partition coefficient (Wildman–Crippen LogP) is 2.98. The van der Waals surface area contributed by atoms with E-state index in [2.05, 4.69) is 12.2 Å². The zero-order valence-electron chi connectivity index (χ0n) is 11.9. The van der Waals surface area contributed by atoms with Crippen molar-refractivity contribution in [1.82, 2.24) is 5.32 Å². The first kappa shape index (κ1) is 15.5. The molecule has 1 fully saturated rings. The Balaban J connectivity index is 1.96. The second-order valence-electron chi connectivity index (χ2n) is 5.73. The minimum Gasteiger partial charge on any atom is -0.356 e. The van der Waals surface area contributed by atoms with Gasteiger partial charge in [-0.25, -0.2) is 0 Å². The van der Waals surface area contributed by atoms with Gasteiger partial charge in [-0.2, -0.15) is 0 Å². The van der Waals surface area contributed by atoms with Crippen LogP contribution in [0.15, 0.2) is 0 Å². The molecule has 3 nitrogen and oxygen atoms in total. The Hall–Kier alpha value is -0.570. The van der Waals surface area contributed by atoms with Crippen molar-refractivity contribution in [2.75, 3.05) is 6.54 Å². The van der Waals surface area contributed by atoms with E-state index in [9.17, 15) is 4.79 Å². The highest BCUT2D eigenvalue weighted by Crippen LogP contribution is 2.26. The molecule has 0 radical (unpaired) electrons. The zero-order valence-corrected chi connectivity index (χ0v) is 11.9. The van der Waals surface area contributed by atoms with Gasteiger partial charge in [-0.05, 0) is 44.4 Å². The number of nitrogens with two attached hydrogens (primary N) is 1. The number of amides is 1. The summed E-state index contributed by atoms with van der Waals surface area (Å²) in [7, 11) is 0. The van der Waals surface area contributed by atoms with Crippen molar-refractivity contribution in [1.29, 1.82) is 0 Å². The van der Waals surface area contributed by atoms with Crippen LogP contribution in [0, 0.1) is 5.92 Å². The van der Waals surface area contributed by atoms with Gasteiger partial charge in [0.1, 0.15) is 0 Å². The minimum absolute atomic E-state index is 0.237. The Bertz CT molecular complexity index is 223.